The van der Waals surface area contributed by atoms with Gasteiger partial charge in [0, 0.05) is 15.5 Å². The van der Waals surface area contributed by atoms with Gasteiger partial charge in [-0.1, -0.05) is 64.8 Å². The van der Waals surface area contributed by atoms with Gasteiger partial charge in [-0.05, 0) is 48.7 Å². The minimum atomic E-state index is 0.259. The Morgan fingerprint density at radius 2 is 1.95 bits per heavy atom. The standard InChI is InChI=1S/C17H19BrClN/c1-3-20-17(11-13-6-4-5-7-16(13)19)14-9-8-12(2)10-15(14)18/h4-10,17,20H,3,11H2,1-2H3. The second-order valence-corrected chi connectivity index (χ2v) is 6.19. The average molecular weight is 353 g/mol. The summed E-state index contributed by atoms with van der Waals surface area (Å²) in [5, 5.41) is 4.38. The normalized spacial score (nSPS) is 12.4. The molecule has 0 bridgehead atoms. The van der Waals surface area contributed by atoms with Crippen LogP contribution in [0.4, 0.5) is 0 Å². The molecule has 0 heterocycles. The molecule has 0 aliphatic rings. The molecule has 0 fully saturated rings. The highest BCUT2D eigenvalue weighted by Crippen LogP contribution is 2.29. The van der Waals surface area contributed by atoms with Crippen molar-refractivity contribution in [1.29, 1.82) is 0 Å². The Bertz CT molecular complexity index is 583. The summed E-state index contributed by atoms with van der Waals surface area (Å²) >= 11 is 9.96. The number of aryl methyl sites for hydroxylation is 1. The van der Waals surface area contributed by atoms with Crippen LogP contribution in [0.1, 0.15) is 29.7 Å². The van der Waals surface area contributed by atoms with Crippen LogP contribution in [0.25, 0.3) is 0 Å². The number of hydrogen-bond donors (Lipinski definition) is 1. The lowest BCUT2D eigenvalue weighted by atomic mass is 9.98. The third-order valence-electron chi connectivity index (χ3n) is 3.36. The molecular formula is C17H19BrClN. The van der Waals surface area contributed by atoms with Crippen LogP contribution in [0.5, 0.6) is 0 Å². The van der Waals surface area contributed by atoms with Crippen LogP contribution in [-0.2, 0) is 6.42 Å². The Labute approximate surface area is 134 Å². The lowest BCUT2D eigenvalue weighted by Gasteiger charge is -2.21. The van der Waals surface area contributed by atoms with Crippen molar-refractivity contribution in [1.82, 2.24) is 5.32 Å². The van der Waals surface area contributed by atoms with Crippen molar-refractivity contribution >= 4 is 27.5 Å². The second-order valence-electron chi connectivity index (χ2n) is 4.93. The first-order valence-electron chi connectivity index (χ1n) is 6.84. The summed E-state index contributed by atoms with van der Waals surface area (Å²) < 4.78 is 1.15. The van der Waals surface area contributed by atoms with E-state index < -0.39 is 0 Å². The molecule has 0 saturated heterocycles. The Balaban J connectivity index is 2.29. The van der Waals surface area contributed by atoms with Gasteiger partial charge in [0.15, 0.2) is 0 Å². The second kappa shape index (κ2) is 7.26. The van der Waals surface area contributed by atoms with Crippen LogP contribution < -0.4 is 5.32 Å². The molecule has 0 aliphatic carbocycles. The number of likely N-dealkylation sites (N-methyl/N-ethyl adjacent to an activating group) is 1. The van der Waals surface area contributed by atoms with Crippen molar-refractivity contribution in [2.24, 2.45) is 0 Å². The number of rotatable bonds is 5. The fraction of sp³-hybridized carbons (Fsp3) is 0.294. The van der Waals surface area contributed by atoms with E-state index in [9.17, 15) is 0 Å². The Hall–Kier alpha value is -0.830. The van der Waals surface area contributed by atoms with Crippen LogP contribution in [0, 0.1) is 6.92 Å². The summed E-state index contributed by atoms with van der Waals surface area (Å²) in [6, 6.07) is 14.8. The molecule has 0 radical (unpaired) electrons. The molecule has 3 heteroatoms. The Kier molecular flexibility index (Phi) is 5.64. The van der Waals surface area contributed by atoms with Crippen LogP contribution in [0.2, 0.25) is 5.02 Å². The van der Waals surface area contributed by atoms with Crippen molar-refractivity contribution in [3.8, 4) is 0 Å². The quantitative estimate of drug-likeness (QED) is 0.769. The minimum Gasteiger partial charge on any atom is -0.310 e. The highest BCUT2D eigenvalue weighted by molar-refractivity contribution is 9.10. The molecule has 1 atom stereocenters. The third kappa shape index (κ3) is 3.85. The topological polar surface area (TPSA) is 12.0 Å². The molecule has 0 aromatic heterocycles. The third-order valence-corrected chi connectivity index (χ3v) is 4.42. The average Bonchev–Trinajstić information content (AvgIpc) is 2.41. The van der Waals surface area contributed by atoms with Gasteiger partial charge in [0.1, 0.15) is 0 Å². The first kappa shape index (κ1) is 15.6. The molecule has 0 aliphatic heterocycles. The molecule has 0 saturated carbocycles. The van der Waals surface area contributed by atoms with Crippen LogP contribution in [0.3, 0.4) is 0 Å². The number of nitrogens with one attached hydrogen (secondary N) is 1. The summed E-state index contributed by atoms with van der Waals surface area (Å²) in [4.78, 5) is 0. The summed E-state index contributed by atoms with van der Waals surface area (Å²) in [7, 11) is 0. The predicted octanol–water partition coefficient (Wildman–Crippen LogP) is 5.30. The molecule has 20 heavy (non-hydrogen) atoms. The SMILES string of the molecule is CCNC(Cc1ccccc1Cl)c1ccc(C)cc1Br. The molecule has 1 unspecified atom stereocenters. The smallest absolute Gasteiger partial charge is 0.0438 e. The predicted molar refractivity (Wildman–Crippen MR) is 90.5 cm³/mol. The first-order chi connectivity index (χ1) is 9.61. The molecule has 1 N–H and O–H groups in total. The minimum absolute atomic E-state index is 0.259. The fourth-order valence-electron chi connectivity index (χ4n) is 2.34. The van der Waals surface area contributed by atoms with E-state index in [4.69, 9.17) is 11.6 Å². The van der Waals surface area contributed by atoms with Gasteiger partial charge >= 0.3 is 0 Å². The van der Waals surface area contributed by atoms with Gasteiger partial charge in [0.2, 0.25) is 0 Å². The fourth-order valence-corrected chi connectivity index (χ4v) is 3.32. The number of hydrogen-bond acceptors (Lipinski definition) is 1. The molecule has 2 aromatic carbocycles. The van der Waals surface area contributed by atoms with Crippen molar-refractivity contribution in [3.63, 3.8) is 0 Å². The Morgan fingerprint density at radius 1 is 1.20 bits per heavy atom. The molecule has 0 amide bonds. The Morgan fingerprint density at radius 3 is 2.60 bits per heavy atom. The van der Waals surface area contributed by atoms with Gasteiger partial charge in [-0.15, -0.1) is 0 Å². The van der Waals surface area contributed by atoms with E-state index in [2.05, 4.69) is 59.4 Å². The van der Waals surface area contributed by atoms with Gasteiger partial charge in [-0.25, -0.2) is 0 Å². The van der Waals surface area contributed by atoms with E-state index in [1.54, 1.807) is 0 Å². The van der Waals surface area contributed by atoms with Gasteiger partial charge in [-0.3, -0.25) is 0 Å². The number of benzene rings is 2. The maximum absolute atomic E-state index is 6.28. The zero-order valence-corrected chi connectivity index (χ0v) is 14.1. The largest absolute Gasteiger partial charge is 0.310 e. The van der Waals surface area contributed by atoms with Crippen molar-refractivity contribution in [2.75, 3.05) is 6.54 Å². The highest BCUT2D eigenvalue weighted by Gasteiger charge is 2.15. The van der Waals surface area contributed by atoms with Crippen molar-refractivity contribution < 1.29 is 0 Å². The lowest BCUT2D eigenvalue weighted by molar-refractivity contribution is 0.548. The molecule has 1 nitrogen and oxygen atoms in total. The van der Waals surface area contributed by atoms with E-state index in [-0.39, 0.29) is 6.04 Å². The van der Waals surface area contributed by atoms with E-state index >= 15 is 0 Å². The molecular weight excluding hydrogens is 334 g/mol. The summed E-state index contributed by atoms with van der Waals surface area (Å²) in [6.45, 7) is 5.15. The zero-order chi connectivity index (χ0) is 14.5. The van der Waals surface area contributed by atoms with Gasteiger partial charge in [0.25, 0.3) is 0 Å². The van der Waals surface area contributed by atoms with Crippen LogP contribution in [-0.4, -0.2) is 6.54 Å². The van der Waals surface area contributed by atoms with E-state index in [1.807, 2.05) is 18.2 Å². The molecule has 0 spiro atoms. The molecule has 2 rings (SSSR count). The summed E-state index contributed by atoms with van der Waals surface area (Å²) in [5.41, 5.74) is 3.71. The molecule has 106 valence electrons. The highest BCUT2D eigenvalue weighted by atomic mass is 79.9. The van der Waals surface area contributed by atoms with E-state index in [0.29, 0.717) is 0 Å². The van der Waals surface area contributed by atoms with Gasteiger partial charge < -0.3 is 5.32 Å². The maximum atomic E-state index is 6.28. The van der Waals surface area contributed by atoms with Gasteiger partial charge in [0.05, 0.1) is 0 Å². The van der Waals surface area contributed by atoms with Crippen molar-refractivity contribution in [2.45, 2.75) is 26.3 Å². The number of halogens is 2. The van der Waals surface area contributed by atoms with Crippen LogP contribution in [0.15, 0.2) is 46.9 Å². The monoisotopic (exact) mass is 351 g/mol. The van der Waals surface area contributed by atoms with Gasteiger partial charge in [-0.2, -0.15) is 0 Å². The lowest BCUT2D eigenvalue weighted by Crippen LogP contribution is -2.23. The van der Waals surface area contributed by atoms with E-state index in [0.717, 1.165) is 22.5 Å². The van der Waals surface area contributed by atoms with E-state index in [1.165, 1.54) is 16.7 Å². The van der Waals surface area contributed by atoms with Crippen molar-refractivity contribution in [3.05, 3.63) is 68.7 Å². The maximum Gasteiger partial charge on any atom is 0.0438 e. The summed E-state index contributed by atoms with van der Waals surface area (Å²) in [5.74, 6) is 0. The molecule has 2 aromatic rings. The summed E-state index contributed by atoms with van der Waals surface area (Å²) in [6.07, 6.45) is 0.884. The first-order valence-corrected chi connectivity index (χ1v) is 8.01. The van der Waals surface area contributed by atoms with Crippen LogP contribution >= 0.6 is 27.5 Å². The zero-order valence-electron chi connectivity index (χ0n) is 11.8.